The zero-order chi connectivity index (χ0) is 13.9. The molecule has 0 radical (unpaired) electrons. The maximum absolute atomic E-state index is 12.3. The normalized spacial score (nSPS) is 14.8. The van der Waals surface area contributed by atoms with Crippen molar-refractivity contribution in [2.75, 3.05) is 0 Å². The number of hydrogen-bond donors (Lipinski definition) is 2. The Kier molecular flexibility index (Phi) is 5.74. The van der Waals surface area contributed by atoms with E-state index in [1.54, 1.807) is 18.3 Å². The molecule has 1 heterocycles. The molecule has 1 aromatic carbocycles. The number of halogens is 1. The molecule has 1 aromatic heterocycles. The molecule has 2 atom stereocenters. The van der Waals surface area contributed by atoms with Crippen LogP contribution in [0.15, 0.2) is 47.8 Å². The summed E-state index contributed by atoms with van der Waals surface area (Å²) in [7, 11) is 0. The van der Waals surface area contributed by atoms with Gasteiger partial charge in [0.1, 0.15) is 5.54 Å². The van der Waals surface area contributed by atoms with E-state index in [9.17, 15) is 4.79 Å². The van der Waals surface area contributed by atoms with Gasteiger partial charge in [0.15, 0.2) is 0 Å². The second-order valence-electron chi connectivity index (χ2n) is 4.78. The Balaban J connectivity index is 0.00000200. The first kappa shape index (κ1) is 16.7. The van der Waals surface area contributed by atoms with Crippen molar-refractivity contribution in [3.8, 4) is 0 Å². The van der Waals surface area contributed by atoms with Crippen LogP contribution in [-0.4, -0.2) is 5.91 Å². The fourth-order valence-electron chi connectivity index (χ4n) is 1.87. The molecule has 2 unspecified atom stereocenters. The predicted octanol–water partition coefficient (Wildman–Crippen LogP) is 3.22. The molecule has 20 heavy (non-hydrogen) atoms. The van der Waals surface area contributed by atoms with Gasteiger partial charge in [-0.1, -0.05) is 36.4 Å². The summed E-state index contributed by atoms with van der Waals surface area (Å²) in [4.78, 5) is 13.5. The van der Waals surface area contributed by atoms with Crippen molar-refractivity contribution in [1.29, 1.82) is 0 Å². The summed E-state index contributed by atoms with van der Waals surface area (Å²) >= 11 is 1.62. The number of carbonyl (C=O) groups excluding carboxylic acids is 1. The lowest BCUT2D eigenvalue weighted by Crippen LogP contribution is -2.49. The maximum Gasteiger partial charge on any atom is 0.244 e. The van der Waals surface area contributed by atoms with Crippen molar-refractivity contribution in [2.45, 2.75) is 25.4 Å². The van der Waals surface area contributed by atoms with E-state index in [0.29, 0.717) is 0 Å². The van der Waals surface area contributed by atoms with Crippen LogP contribution in [0.4, 0.5) is 0 Å². The van der Waals surface area contributed by atoms with E-state index in [0.717, 1.165) is 10.4 Å². The van der Waals surface area contributed by atoms with Gasteiger partial charge in [-0.3, -0.25) is 4.79 Å². The van der Waals surface area contributed by atoms with Gasteiger partial charge < -0.3 is 11.1 Å². The Morgan fingerprint density at radius 2 is 1.90 bits per heavy atom. The van der Waals surface area contributed by atoms with Crippen molar-refractivity contribution < 1.29 is 4.79 Å². The van der Waals surface area contributed by atoms with E-state index < -0.39 is 5.54 Å². The molecule has 0 fully saturated rings. The number of carbonyl (C=O) groups is 1. The van der Waals surface area contributed by atoms with Gasteiger partial charge in [0.25, 0.3) is 0 Å². The Bertz CT molecular complexity index is 540. The molecule has 5 heteroatoms. The smallest absolute Gasteiger partial charge is 0.244 e. The Morgan fingerprint density at radius 1 is 1.25 bits per heavy atom. The van der Waals surface area contributed by atoms with Gasteiger partial charge in [0.2, 0.25) is 5.91 Å². The van der Waals surface area contributed by atoms with Crippen LogP contribution in [0.3, 0.4) is 0 Å². The van der Waals surface area contributed by atoms with E-state index in [1.165, 1.54) is 0 Å². The average molecular weight is 311 g/mol. The van der Waals surface area contributed by atoms with E-state index in [4.69, 9.17) is 5.73 Å². The van der Waals surface area contributed by atoms with Gasteiger partial charge in [0.05, 0.1) is 6.04 Å². The molecule has 2 rings (SSSR count). The summed E-state index contributed by atoms with van der Waals surface area (Å²) in [5, 5.41) is 4.96. The number of amides is 1. The minimum atomic E-state index is -1.02. The molecular formula is C15H19ClN2OS. The van der Waals surface area contributed by atoms with Crippen molar-refractivity contribution in [2.24, 2.45) is 5.73 Å². The van der Waals surface area contributed by atoms with Crippen LogP contribution in [0.5, 0.6) is 0 Å². The second-order valence-corrected chi connectivity index (χ2v) is 5.76. The number of nitrogens with one attached hydrogen (secondary N) is 1. The summed E-state index contributed by atoms with van der Waals surface area (Å²) in [6.07, 6.45) is 0. The first-order valence-corrected chi connectivity index (χ1v) is 7.08. The summed E-state index contributed by atoms with van der Waals surface area (Å²) in [5.74, 6) is -0.167. The first-order chi connectivity index (χ1) is 9.01. The first-order valence-electron chi connectivity index (χ1n) is 6.20. The highest BCUT2D eigenvalue weighted by Gasteiger charge is 2.31. The minimum Gasteiger partial charge on any atom is -0.347 e. The number of hydrogen-bond acceptors (Lipinski definition) is 3. The van der Waals surface area contributed by atoms with Gasteiger partial charge in [-0.2, -0.15) is 0 Å². The molecule has 0 aliphatic rings. The zero-order valence-corrected chi connectivity index (χ0v) is 13.1. The van der Waals surface area contributed by atoms with E-state index in [-0.39, 0.29) is 24.4 Å². The fraction of sp³-hybridized carbons (Fsp3) is 0.267. The maximum atomic E-state index is 12.3. The number of rotatable bonds is 4. The van der Waals surface area contributed by atoms with Gasteiger partial charge in [-0.15, -0.1) is 23.7 Å². The molecule has 2 aromatic rings. The minimum absolute atomic E-state index is 0. The van der Waals surface area contributed by atoms with Gasteiger partial charge in [0, 0.05) is 4.88 Å². The second kappa shape index (κ2) is 6.88. The highest BCUT2D eigenvalue weighted by atomic mass is 35.5. The van der Waals surface area contributed by atoms with Crippen LogP contribution in [0.1, 0.15) is 30.3 Å². The lowest BCUT2D eigenvalue weighted by Gasteiger charge is -2.26. The van der Waals surface area contributed by atoms with Crippen LogP contribution < -0.4 is 11.1 Å². The summed E-state index contributed by atoms with van der Waals surface area (Å²) in [6.45, 7) is 3.70. The van der Waals surface area contributed by atoms with Crippen LogP contribution in [0, 0.1) is 0 Å². The molecule has 3 nitrogen and oxygen atoms in total. The average Bonchev–Trinajstić information content (AvgIpc) is 2.93. The van der Waals surface area contributed by atoms with Crippen LogP contribution in [0.25, 0.3) is 0 Å². The fourth-order valence-corrected chi connectivity index (χ4v) is 2.61. The van der Waals surface area contributed by atoms with Crippen molar-refractivity contribution >= 4 is 29.7 Å². The van der Waals surface area contributed by atoms with E-state index in [2.05, 4.69) is 5.32 Å². The quantitative estimate of drug-likeness (QED) is 0.911. The van der Waals surface area contributed by atoms with Gasteiger partial charge >= 0.3 is 0 Å². The lowest BCUT2D eigenvalue weighted by molar-refractivity contribution is -0.126. The lowest BCUT2D eigenvalue weighted by atomic mass is 9.92. The summed E-state index contributed by atoms with van der Waals surface area (Å²) in [6, 6.07) is 13.4. The third-order valence-corrected chi connectivity index (χ3v) is 4.22. The van der Waals surface area contributed by atoms with Crippen molar-refractivity contribution in [1.82, 2.24) is 5.32 Å². The van der Waals surface area contributed by atoms with Crippen LogP contribution in [0.2, 0.25) is 0 Å². The highest BCUT2D eigenvalue weighted by Crippen LogP contribution is 2.22. The number of thiophene rings is 1. The summed E-state index contributed by atoms with van der Waals surface area (Å²) in [5.41, 5.74) is 5.96. The third kappa shape index (κ3) is 3.60. The third-order valence-electron chi connectivity index (χ3n) is 3.16. The molecule has 0 bridgehead atoms. The Morgan fingerprint density at radius 3 is 2.45 bits per heavy atom. The van der Waals surface area contributed by atoms with E-state index >= 15 is 0 Å². The van der Waals surface area contributed by atoms with Crippen molar-refractivity contribution in [3.05, 3.63) is 58.3 Å². The molecular weight excluding hydrogens is 292 g/mol. The highest BCUT2D eigenvalue weighted by molar-refractivity contribution is 7.10. The topological polar surface area (TPSA) is 55.1 Å². The number of nitrogens with two attached hydrogens (primary N) is 1. The molecule has 108 valence electrons. The molecule has 1 amide bonds. The van der Waals surface area contributed by atoms with Crippen LogP contribution in [-0.2, 0) is 10.3 Å². The predicted molar refractivity (Wildman–Crippen MR) is 86.1 cm³/mol. The van der Waals surface area contributed by atoms with Gasteiger partial charge in [-0.05, 0) is 30.9 Å². The molecule has 0 saturated carbocycles. The number of benzene rings is 1. The molecule has 0 saturated heterocycles. The Hall–Kier alpha value is -1.36. The Labute approximate surface area is 129 Å². The largest absolute Gasteiger partial charge is 0.347 e. The zero-order valence-electron chi connectivity index (χ0n) is 11.5. The standard InChI is InChI=1S/C15H18N2OS.ClH/c1-11(13-9-6-10-19-13)17-14(18)15(2,16)12-7-4-3-5-8-12;/h3-11H,16H2,1-2H3,(H,17,18);1H. The molecule has 0 aliphatic carbocycles. The van der Waals surface area contributed by atoms with E-state index in [1.807, 2.05) is 54.8 Å². The molecule has 0 aliphatic heterocycles. The van der Waals surface area contributed by atoms with Gasteiger partial charge in [-0.25, -0.2) is 0 Å². The molecule has 3 N–H and O–H groups in total. The van der Waals surface area contributed by atoms with Crippen LogP contribution >= 0.6 is 23.7 Å². The SMILES string of the molecule is CC(NC(=O)C(C)(N)c1ccccc1)c1cccs1.Cl. The monoisotopic (exact) mass is 310 g/mol. The van der Waals surface area contributed by atoms with Crippen molar-refractivity contribution in [3.63, 3.8) is 0 Å². The summed E-state index contributed by atoms with van der Waals surface area (Å²) < 4.78 is 0. The molecule has 0 spiro atoms.